The highest BCUT2D eigenvalue weighted by molar-refractivity contribution is 5.41. The Morgan fingerprint density at radius 1 is 1.29 bits per heavy atom. The zero-order chi connectivity index (χ0) is 10.3. The van der Waals surface area contributed by atoms with Crippen molar-refractivity contribution in [2.45, 2.75) is 18.4 Å². The monoisotopic (exact) mass is 200 g/mol. The van der Waals surface area contributed by atoms with E-state index in [-0.39, 0.29) is 5.75 Å². The maximum atomic E-state index is 12.9. The van der Waals surface area contributed by atoms with Crippen LogP contribution in [-0.2, 0) is 5.60 Å². The van der Waals surface area contributed by atoms with E-state index in [1.54, 1.807) is 0 Å². The van der Waals surface area contributed by atoms with Crippen molar-refractivity contribution < 1.29 is 18.6 Å². The zero-order valence-corrected chi connectivity index (χ0v) is 7.68. The van der Waals surface area contributed by atoms with Gasteiger partial charge in [0.2, 0.25) is 0 Å². The van der Waals surface area contributed by atoms with E-state index in [1.165, 1.54) is 7.11 Å². The molecule has 0 heterocycles. The summed E-state index contributed by atoms with van der Waals surface area (Å²) in [6.07, 6.45) is 1.13. The van der Waals surface area contributed by atoms with Crippen molar-refractivity contribution in [3.05, 3.63) is 29.3 Å². The van der Waals surface area contributed by atoms with Crippen LogP contribution in [0.15, 0.2) is 12.1 Å². The molecule has 1 saturated carbocycles. The van der Waals surface area contributed by atoms with Crippen LogP contribution in [-0.4, -0.2) is 12.2 Å². The van der Waals surface area contributed by atoms with Crippen LogP contribution < -0.4 is 4.74 Å². The number of benzene rings is 1. The Balaban J connectivity index is 2.52. The second kappa shape index (κ2) is 2.92. The van der Waals surface area contributed by atoms with Gasteiger partial charge in [0.1, 0.15) is 5.75 Å². The van der Waals surface area contributed by atoms with Crippen LogP contribution in [0.2, 0.25) is 0 Å². The molecule has 76 valence electrons. The molecule has 0 atom stereocenters. The fourth-order valence-electron chi connectivity index (χ4n) is 1.45. The summed E-state index contributed by atoms with van der Waals surface area (Å²) in [5.74, 6) is -1.72. The molecule has 0 bridgehead atoms. The second-order valence-corrected chi connectivity index (χ2v) is 3.50. The summed E-state index contributed by atoms with van der Waals surface area (Å²) < 4.78 is 30.6. The first kappa shape index (κ1) is 9.40. The Morgan fingerprint density at radius 3 is 2.36 bits per heavy atom. The molecule has 2 rings (SSSR count). The largest absolute Gasteiger partial charge is 0.496 e. The van der Waals surface area contributed by atoms with E-state index in [0.717, 1.165) is 12.1 Å². The van der Waals surface area contributed by atoms with E-state index in [2.05, 4.69) is 0 Å². The highest BCUT2D eigenvalue weighted by Gasteiger charge is 2.44. The molecule has 4 heteroatoms. The molecule has 1 aromatic carbocycles. The second-order valence-electron chi connectivity index (χ2n) is 3.50. The molecule has 1 aromatic rings. The lowest BCUT2D eigenvalue weighted by atomic mass is 10.1. The number of aliphatic hydroxyl groups is 1. The van der Waals surface area contributed by atoms with Crippen molar-refractivity contribution in [2.24, 2.45) is 0 Å². The Morgan fingerprint density at radius 2 is 1.86 bits per heavy atom. The molecule has 0 amide bonds. The van der Waals surface area contributed by atoms with Crippen molar-refractivity contribution in [1.82, 2.24) is 0 Å². The van der Waals surface area contributed by atoms with E-state index in [0.29, 0.717) is 18.4 Å². The molecule has 0 spiro atoms. The average molecular weight is 200 g/mol. The van der Waals surface area contributed by atoms with Gasteiger partial charge in [-0.2, -0.15) is 0 Å². The molecular formula is C10H10F2O2. The van der Waals surface area contributed by atoms with Crippen LogP contribution in [0.4, 0.5) is 8.78 Å². The number of halogens is 2. The molecule has 0 aliphatic heterocycles. The molecule has 14 heavy (non-hydrogen) atoms. The van der Waals surface area contributed by atoms with Crippen molar-refractivity contribution >= 4 is 0 Å². The maximum Gasteiger partial charge on any atom is 0.162 e. The summed E-state index contributed by atoms with van der Waals surface area (Å²) in [7, 11) is 1.36. The molecule has 1 aliphatic rings. The number of methoxy groups -OCH3 is 1. The number of hydrogen-bond donors (Lipinski definition) is 1. The quantitative estimate of drug-likeness (QED) is 0.790. The first-order valence-corrected chi connectivity index (χ1v) is 4.33. The van der Waals surface area contributed by atoms with Gasteiger partial charge in [-0.25, -0.2) is 8.78 Å². The summed E-state index contributed by atoms with van der Waals surface area (Å²) in [6.45, 7) is 0. The lowest BCUT2D eigenvalue weighted by molar-refractivity contribution is 0.146. The molecule has 2 nitrogen and oxygen atoms in total. The molecular weight excluding hydrogens is 190 g/mol. The van der Waals surface area contributed by atoms with Crippen LogP contribution in [0, 0.1) is 11.6 Å². The van der Waals surface area contributed by atoms with Crippen molar-refractivity contribution in [1.29, 1.82) is 0 Å². The van der Waals surface area contributed by atoms with Crippen LogP contribution in [0.5, 0.6) is 5.75 Å². The third-order valence-electron chi connectivity index (χ3n) is 2.47. The fourth-order valence-corrected chi connectivity index (χ4v) is 1.45. The molecule has 0 radical (unpaired) electrons. The van der Waals surface area contributed by atoms with E-state index in [9.17, 15) is 13.9 Å². The molecule has 1 fully saturated rings. The predicted octanol–water partition coefficient (Wildman–Crippen LogP) is 1.95. The van der Waals surface area contributed by atoms with E-state index in [4.69, 9.17) is 4.74 Å². The maximum absolute atomic E-state index is 12.9. The lowest BCUT2D eigenvalue weighted by Crippen LogP contribution is -2.08. The SMILES string of the molecule is COc1cc(F)c(F)cc1C1(O)CC1. The molecule has 1 aliphatic carbocycles. The minimum Gasteiger partial charge on any atom is -0.496 e. The smallest absolute Gasteiger partial charge is 0.162 e. The van der Waals surface area contributed by atoms with Crippen molar-refractivity contribution in [2.75, 3.05) is 7.11 Å². The van der Waals surface area contributed by atoms with Gasteiger partial charge in [-0.3, -0.25) is 0 Å². The highest BCUT2D eigenvalue weighted by atomic mass is 19.2. The van der Waals surface area contributed by atoms with Crippen molar-refractivity contribution in [3.8, 4) is 5.75 Å². The van der Waals surface area contributed by atoms with Crippen molar-refractivity contribution in [3.63, 3.8) is 0 Å². The number of ether oxygens (including phenoxy) is 1. The number of hydrogen-bond acceptors (Lipinski definition) is 2. The van der Waals surface area contributed by atoms with Crippen LogP contribution in [0.25, 0.3) is 0 Å². The van der Waals surface area contributed by atoms with Gasteiger partial charge in [-0.1, -0.05) is 0 Å². The Hall–Kier alpha value is -1.16. The van der Waals surface area contributed by atoms with E-state index < -0.39 is 17.2 Å². The van der Waals surface area contributed by atoms with Crippen LogP contribution >= 0.6 is 0 Å². The summed E-state index contributed by atoms with van der Waals surface area (Å²) in [6, 6.07) is 1.96. The first-order chi connectivity index (χ1) is 6.57. The van der Waals surface area contributed by atoms with Gasteiger partial charge in [-0.15, -0.1) is 0 Å². The summed E-state index contributed by atoms with van der Waals surface area (Å²) in [5, 5.41) is 9.76. The molecule has 0 aromatic heterocycles. The minimum absolute atomic E-state index is 0.198. The first-order valence-electron chi connectivity index (χ1n) is 4.33. The third-order valence-corrected chi connectivity index (χ3v) is 2.47. The summed E-state index contributed by atoms with van der Waals surface area (Å²) in [5.41, 5.74) is -0.682. The molecule has 0 unspecified atom stereocenters. The number of rotatable bonds is 2. The Bertz CT molecular complexity index is 373. The third kappa shape index (κ3) is 1.35. The van der Waals surface area contributed by atoms with Crippen LogP contribution in [0.1, 0.15) is 18.4 Å². The molecule has 0 saturated heterocycles. The fraction of sp³-hybridized carbons (Fsp3) is 0.400. The lowest BCUT2D eigenvalue weighted by Gasteiger charge is -2.13. The topological polar surface area (TPSA) is 29.5 Å². The standard InChI is InChI=1S/C10H10F2O2/c1-14-9-5-8(12)7(11)4-6(9)10(13)2-3-10/h4-5,13H,2-3H2,1H3. The highest BCUT2D eigenvalue weighted by Crippen LogP contribution is 2.49. The average Bonchev–Trinajstić information content (AvgIpc) is 2.89. The van der Waals surface area contributed by atoms with Gasteiger partial charge in [0, 0.05) is 11.6 Å². The minimum atomic E-state index is -1.01. The summed E-state index contributed by atoms with van der Waals surface area (Å²) >= 11 is 0. The van der Waals surface area contributed by atoms with Gasteiger partial charge in [-0.05, 0) is 18.9 Å². The zero-order valence-electron chi connectivity index (χ0n) is 7.68. The Labute approximate surface area is 80.1 Å². The molecule has 1 N–H and O–H groups in total. The van der Waals surface area contributed by atoms with E-state index in [1.807, 2.05) is 0 Å². The van der Waals surface area contributed by atoms with Gasteiger partial charge in [0.25, 0.3) is 0 Å². The van der Waals surface area contributed by atoms with Crippen LogP contribution in [0.3, 0.4) is 0 Å². The van der Waals surface area contributed by atoms with Gasteiger partial charge < -0.3 is 9.84 Å². The Kier molecular flexibility index (Phi) is 1.96. The van der Waals surface area contributed by atoms with E-state index >= 15 is 0 Å². The summed E-state index contributed by atoms with van der Waals surface area (Å²) in [4.78, 5) is 0. The normalized spacial score (nSPS) is 18.0. The van der Waals surface area contributed by atoms with Gasteiger partial charge in [0.05, 0.1) is 12.7 Å². The van der Waals surface area contributed by atoms with Gasteiger partial charge in [0.15, 0.2) is 11.6 Å². The predicted molar refractivity (Wildman–Crippen MR) is 46.0 cm³/mol. The van der Waals surface area contributed by atoms with Gasteiger partial charge >= 0.3 is 0 Å².